The van der Waals surface area contributed by atoms with E-state index in [0.29, 0.717) is 0 Å². The van der Waals surface area contributed by atoms with Gasteiger partial charge in [-0.25, -0.2) is 4.79 Å². The van der Waals surface area contributed by atoms with E-state index in [9.17, 15) is 4.79 Å². The maximum atomic E-state index is 11.1. The normalized spacial score (nSPS) is 31.9. The summed E-state index contributed by atoms with van der Waals surface area (Å²) in [7, 11) is 0. The van der Waals surface area contributed by atoms with Crippen molar-refractivity contribution in [3.8, 4) is 0 Å². The molecule has 3 heteroatoms. The summed E-state index contributed by atoms with van der Waals surface area (Å²) < 4.78 is 10.6. The van der Waals surface area contributed by atoms with Crippen molar-refractivity contribution in [3.05, 3.63) is 0 Å². The summed E-state index contributed by atoms with van der Waals surface area (Å²) in [6, 6.07) is 0. The van der Waals surface area contributed by atoms with Crippen LogP contribution in [0.3, 0.4) is 0 Å². The molecular weight excluding hydrogens is 180 g/mol. The average molecular weight is 200 g/mol. The van der Waals surface area contributed by atoms with Crippen molar-refractivity contribution in [1.29, 1.82) is 0 Å². The maximum Gasteiger partial charge on any atom is 0.337 e. The fourth-order valence-electron chi connectivity index (χ4n) is 1.72. The first kappa shape index (κ1) is 11.5. The summed E-state index contributed by atoms with van der Waals surface area (Å²) >= 11 is 0. The molecule has 1 heterocycles. The highest BCUT2D eigenvalue weighted by molar-refractivity contribution is 5.76. The van der Waals surface area contributed by atoms with Crippen LogP contribution in [0.4, 0.5) is 0 Å². The average Bonchev–Trinajstić information content (AvgIpc) is 2.36. The Morgan fingerprint density at radius 1 is 1.36 bits per heavy atom. The third kappa shape index (κ3) is 2.98. The molecule has 2 atom stereocenters. The zero-order valence-corrected chi connectivity index (χ0v) is 9.34. The first-order valence-electron chi connectivity index (χ1n) is 5.48. The predicted octanol–water partition coefficient (Wildman–Crippen LogP) is 2.63. The lowest BCUT2D eigenvalue weighted by Crippen LogP contribution is -2.26. The Labute approximate surface area is 85.8 Å². The van der Waals surface area contributed by atoms with Crippen LogP contribution in [-0.2, 0) is 14.3 Å². The Hall–Kier alpha value is -0.570. The molecule has 0 bridgehead atoms. The topological polar surface area (TPSA) is 35.5 Å². The van der Waals surface area contributed by atoms with E-state index in [-0.39, 0.29) is 5.97 Å². The molecule has 0 N–H and O–H groups in total. The smallest absolute Gasteiger partial charge is 0.337 e. The molecule has 0 aromatic rings. The van der Waals surface area contributed by atoms with E-state index < -0.39 is 11.9 Å². The van der Waals surface area contributed by atoms with Gasteiger partial charge in [-0.15, -0.1) is 0 Å². The molecule has 1 rings (SSSR count). The van der Waals surface area contributed by atoms with Gasteiger partial charge in [0, 0.05) is 13.3 Å². The standard InChI is InChI=1S/C11H20O3/c1-4-5-6-7-8-11(3)13-9(2)10(12)14-11/h9H,4-8H2,1-3H3. The number of hydrogen-bond donors (Lipinski definition) is 0. The molecule has 0 saturated carbocycles. The number of cyclic esters (lactones) is 1. The maximum absolute atomic E-state index is 11.1. The molecule has 1 fully saturated rings. The molecule has 0 spiro atoms. The van der Waals surface area contributed by atoms with Crippen LogP contribution < -0.4 is 0 Å². The van der Waals surface area contributed by atoms with E-state index in [1.165, 1.54) is 19.3 Å². The lowest BCUT2D eigenvalue weighted by molar-refractivity contribution is -0.171. The van der Waals surface area contributed by atoms with E-state index >= 15 is 0 Å². The van der Waals surface area contributed by atoms with Crippen molar-refractivity contribution >= 4 is 5.97 Å². The molecule has 2 unspecified atom stereocenters. The van der Waals surface area contributed by atoms with Gasteiger partial charge in [-0.05, 0) is 13.3 Å². The third-order valence-electron chi connectivity index (χ3n) is 2.56. The predicted molar refractivity (Wildman–Crippen MR) is 53.8 cm³/mol. The molecule has 0 aliphatic carbocycles. The minimum absolute atomic E-state index is 0.233. The van der Waals surface area contributed by atoms with Gasteiger partial charge in [0.25, 0.3) is 0 Å². The molecule has 1 aliphatic heterocycles. The second kappa shape index (κ2) is 4.78. The van der Waals surface area contributed by atoms with Crippen LogP contribution in [0.2, 0.25) is 0 Å². The van der Waals surface area contributed by atoms with Crippen molar-refractivity contribution in [3.63, 3.8) is 0 Å². The molecule has 0 aromatic carbocycles. The van der Waals surface area contributed by atoms with E-state index in [0.717, 1.165) is 12.8 Å². The number of carbonyl (C=O) groups excluding carboxylic acids is 1. The van der Waals surface area contributed by atoms with Gasteiger partial charge in [0.05, 0.1) is 0 Å². The molecule has 0 amide bonds. The van der Waals surface area contributed by atoms with Crippen molar-refractivity contribution in [1.82, 2.24) is 0 Å². The fraction of sp³-hybridized carbons (Fsp3) is 0.909. The molecule has 0 radical (unpaired) electrons. The largest absolute Gasteiger partial charge is 0.431 e. The fourth-order valence-corrected chi connectivity index (χ4v) is 1.72. The van der Waals surface area contributed by atoms with Crippen LogP contribution in [0, 0.1) is 0 Å². The molecular formula is C11H20O3. The van der Waals surface area contributed by atoms with Crippen LogP contribution in [-0.4, -0.2) is 17.9 Å². The molecule has 1 aliphatic rings. The Morgan fingerprint density at radius 2 is 2.07 bits per heavy atom. The molecule has 14 heavy (non-hydrogen) atoms. The summed E-state index contributed by atoms with van der Waals surface area (Å²) in [6.07, 6.45) is 5.11. The number of ether oxygens (including phenoxy) is 2. The summed E-state index contributed by atoms with van der Waals surface area (Å²) in [5.74, 6) is -0.896. The molecule has 82 valence electrons. The van der Waals surface area contributed by atoms with Gasteiger partial charge in [-0.3, -0.25) is 0 Å². The van der Waals surface area contributed by atoms with E-state index in [1.54, 1.807) is 6.92 Å². The van der Waals surface area contributed by atoms with Crippen molar-refractivity contribution in [2.45, 2.75) is 64.8 Å². The van der Waals surface area contributed by atoms with Gasteiger partial charge in [0.2, 0.25) is 5.79 Å². The first-order chi connectivity index (χ1) is 6.57. The van der Waals surface area contributed by atoms with E-state index in [1.807, 2.05) is 6.92 Å². The second-order valence-electron chi connectivity index (χ2n) is 4.13. The van der Waals surface area contributed by atoms with Crippen LogP contribution in [0.1, 0.15) is 52.9 Å². The van der Waals surface area contributed by atoms with Gasteiger partial charge in [-0.1, -0.05) is 26.2 Å². The van der Waals surface area contributed by atoms with Crippen LogP contribution in [0.25, 0.3) is 0 Å². The first-order valence-corrected chi connectivity index (χ1v) is 5.48. The highest BCUT2D eigenvalue weighted by Crippen LogP contribution is 2.29. The monoisotopic (exact) mass is 200 g/mol. The zero-order valence-electron chi connectivity index (χ0n) is 9.34. The van der Waals surface area contributed by atoms with Gasteiger partial charge >= 0.3 is 5.97 Å². The minimum Gasteiger partial charge on any atom is -0.431 e. The van der Waals surface area contributed by atoms with Crippen molar-refractivity contribution in [2.24, 2.45) is 0 Å². The minimum atomic E-state index is -0.662. The van der Waals surface area contributed by atoms with Crippen molar-refractivity contribution in [2.75, 3.05) is 0 Å². The Bertz CT molecular complexity index is 203. The Morgan fingerprint density at radius 3 is 2.57 bits per heavy atom. The van der Waals surface area contributed by atoms with E-state index in [4.69, 9.17) is 9.47 Å². The Kier molecular flexibility index (Phi) is 3.93. The van der Waals surface area contributed by atoms with Gasteiger partial charge in [0.1, 0.15) is 0 Å². The van der Waals surface area contributed by atoms with Crippen molar-refractivity contribution < 1.29 is 14.3 Å². The summed E-state index contributed by atoms with van der Waals surface area (Å²) in [5, 5.41) is 0. The third-order valence-corrected chi connectivity index (χ3v) is 2.56. The number of unbranched alkanes of at least 4 members (excludes halogenated alkanes) is 3. The lowest BCUT2D eigenvalue weighted by atomic mass is 10.1. The van der Waals surface area contributed by atoms with Crippen LogP contribution in [0.5, 0.6) is 0 Å². The highest BCUT2D eigenvalue weighted by atomic mass is 16.8. The number of rotatable bonds is 5. The van der Waals surface area contributed by atoms with Crippen LogP contribution >= 0.6 is 0 Å². The zero-order chi connectivity index (χ0) is 10.6. The van der Waals surface area contributed by atoms with Crippen LogP contribution in [0.15, 0.2) is 0 Å². The molecule has 1 saturated heterocycles. The number of carbonyl (C=O) groups is 1. The number of hydrogen-bond acceptors (Lipinski definition) is 3. The molecule has 0 aromatic heterocycles. The summed E-state index contributed by atoms with van der Waals surface area (Å²) in [4.78, 5) is 11.1. The SMILES string of the molecule is CCCCCCC1(C)OC(=O)C(C)O1. The van der Waals surface area contributed by atoms with Gasteiger partial charge in [-0.2, -0.15) is 0 Å². The summed E-state index contributed by atoms with van der Waals surface area (Å²) in [5.41, 5.74) is 0. The summed E-state index contributed by atoms with van der Waals surface area (Å²) in [6.45, 7) is 5.76. The second-order valence-corrected chi connectivity index (χ2v) is 4.13. The van der Waals surface area contributed by atoms with Gasteiger partial charge in [0.15, 0.2) is 6.10 Å². The number of esters is 1. The Balaban J connectivity index is 2.26. The van der Waals surface area contributed by atoms with Gasteiger partial charge < -0.3 is 9.47 Å². The molecule has 3 nitrogen and oxygen atoms in total. The lowest BCUT2D eigenvalue weighted by Gasteiger charge is -2.21. The highest BCUT2D eigenvalue weighted by Gasteiger charge is 2.41. The quantitative estimate of drug-likeness (QED) is 0.505. The van der Waals surface area contributed by atoms with E-state index in [2.05, 4.69) is 6.92 Å².